The third kappa shape index (κ3) is 2.51. The van der Waals surface area contributed by atoms with Gasteiger partial charge in [0.15, 0.2) is 0 Å². The number of carboxylic acid groups (broad SMARTS) is 1. The van der Waals surface area contributed by atoms with Gasteiger partial charge >= 0.3 is 5.97 Å². The lowest BCUT2D eigenvalue weighted by atomic mass is 10.2. The molecule has 2 rings (SSSR count). The smallest absolute Gasteiger partial charge is 0.337 e. The van der Waals surface area contributed by atoms with Crippen molar-refractivity contribution < 1.29 is 14.7 Å². The highest BCUT2D eigenvalue weighted by molar-refractivity contribution is 7.09. The number of anilines is 1. The minimum absolute atomic E-state index is 0.00898. The highest BCUT2D eigenvalue weighted by Crippen LogP contribution is 2.15. The van der Waals surface area contributed by atoms with E-state index in [1.165, 1.54) is 29.8 Å². The molecule has 0 fully saturated rings. The van der Waals surface area contributed by atoms with Crippen LogP contribution in [0.1, 0.15) is 25.9 Å². The van der Waals surface area contributed by atoms with Crippen molar-refractivity contribution in [3.63, 3.8) is 0 Å². The minimum Gasteiger partial charge on any atom is -0.478 e. The van der Waals surface area contributed by atoms with Crippen LogP contribution in [-0.2, 0) is 0 Å². The molecule has 7 heteroatoms. The first-order chi connectivity index (χ1) is 8.58. The number of hydrogen-bond donors (Lipinski definition) is 2. The van der Waals surface area contributed by atoms with Gasteiger partial charge in [-0.2, -0.15) is 0 Å². The van der Waals surface area contributed by atoms with Gasteiger partial charge in [-0.25, -0.2) is 9.78 Å². The zero-order chi connectivity index (χ0) is 13.1. The summed E-state index contributed by atoms with van der Waals surface area (Å²) in [4.78, 5) is 30.6. The summed E-state index contributed by atoms with van der Waals surface area (Å²) in [6.45, 7) is 1.79. The fourth-order valence-corrected chi connectivity index (χ4v) is 1.93. The number of nitrogens with one attached hydrogen (secondary N) is 1. The number of rotatable bonds is 3. The predicted molar refractivity (Wildman–Crippen MR) is 66.0 cm³/mol. The highest BCUT2D eigenvalue weighted by atomic mass is 32.1. The predicted octanol–water partition coefficient (Wildman–Crippen LogP) is 1.80. The lowest BCUT2D eigenvalue weighted by molar-refractivity contribution is 0.0698. The summed E-state index contributed by atoms with van der Waals surface area (Å²) >= 11 is 1.35. The van der Waals surface area contributed by atoms with Crippen molar-refractivity contribution >= 4 is 28.9 Å². The molecule has 92 valence electrons. The van der Waals surface area contributed by atoms with Gasteiger partial charge in [0.1, 0.15) is 5.69 Å². The van der Waals surface area contributed by atoms with Crippen LogP contribution in [0.3, 0.4) is 0 Å². The third-order valence-electron chi connectivity index (χ3n) is 2.15. The van der Waals surface area contributed by atoms with E-state index >= 15 is 0 Å². The number of pyridine rings is 1. The third-order valence-corrected chi connectivity index (χ3v) is 2.92. The standard InChI is InChI=1S/C11H9N3O3S/c1-6-13-9(5-18-6)10(15)14-8-4-12-3-2-7(8)11(16)17/h2-5H,1H3,(H,14,15)(H,16,17). The molecule has 0 bridgehead atoms. The van der Waals surface area contributed by atoms with Crippen LogP contribution in [0.5, 0.6) is 0 Å². The van der Waals surface area contributed by atoms with E-state index in [4.69, 9.17) is 5.11 Å². The molecule has 2 N–H and O–H groups in total. The Morgan fingerprint density at radius 2 is 2.22 bits per heavy atom. The number of aromatic nitrogens is 2. The van der Waals surface area contributed by atoms with E-state index in [1.54, 1.807) is 12.3 Å². The Balaban J connectivity index is 2.24. The second-order valence-corrected chi connectivity index (χ2v) is 4.49. The Bertz CT molecular complexity index is 609. The van der Waals surface area contributed by atoms with Crippen LogP contribution in [0.4, 0.5) is 5.69 Å². The van der Waals surface area contributed by atoms with Crippen LogP contribution in [0.15, 0.2) is 23.8 Å². The molecule has 1 amide bonds. The molecular formula is C11H9N3O3S. The van der Waals surface area contributed by atoms with Crippen molar-refractivity contribution in [2.75, 3.05) is 5.32 Å². The molecule has 2 aromatic heterocycles. The molecule has 18 heavy (non-hydrogen) atoms. The number of hydrogen-bond acceptors (Lipinski definition) is 5. The molecule has 0 aromatic carbocycles. The number of thiazole rings is 1. The quantitative estimate of drug-likeness (QED) is 0.880. The molecule has 0 aliphatic carbocycles. The summed E-state index contributed by atoms with van der Waals surface area (Å²) < 4.78 is 0. The van der Waals surface area contributed by atoms with Crippen LogP contribution < -0.4 is 5.32 Å². The number of carbonyl (C=O) groups is 2. The molecule has 0 radical (unpaired) electrons. The Morgan fingerprint density at radius 1 is 1.44 bits per heavy atom. The molecule has 0 aliphatic rings. The molecule has 0 atom stereocenters. The zero-order valence-electron chi connectivity index (χ0n) is 9.38. The Morgan fingerprint density at radius 3 is 2.83 bits per heavy atom. The largest absolute Gasteiger partial charge is 0.478 e. The van der Waals surface area contributed by atoms with Crippen molar-refractivity contribution in [2.24, 2.45) is 0 Å². The van der Waals surface area contributed by atoms with E-state index in [9.17, 15) is 9.59 Å². The maximum atomic E-state index is 11.8. The van der Waals surface area contributed by atoms with Crippen LogP contribution in [0, 0.1) is 6.92 Å². The van der Waals surface area contributed by atoms with Crippen LogP contribution in [-0.4, -0.2) is 27.0 Å². The molecule has 0 saturated carbocycles. The average Bonchev–Trinajstić information content (AvgIpc) is 2.76. The molecule has 2 heterocycles. The van der Waals surface area contributed by atoms with Gasteiger partial charge in [-0.3, -0.25) is 9.78 Å². The topological polar surface area (TPSA) is 92.2 Å². The molecule has 0 aliphatic heterocycles. The van der Waals surface area contributed by atoms with Gasteiger partial charge < -0.3 is 10.4 Å². The minimum atomic E-state index is -1.12. The summed E-state index contributed by atoms with van der Waals surface area (Å²) in [5.74, 6) is -1.57. The van der Waals surface area contributed by atoms with E-state index in [2.05, 4.69) is 15.3 Å². The molecule has 6 nitrogen and oxygen atoms in total. The van der Waals surface area contributed by atoms with Gasteiger partial charge in [0.05, 0.1) is 22.5 Å². The fourth-order valence-electron chi connectivity index (χ4n) is 1.33. The number of carboxylic acids is 1. The second kappa shape index (κ2) is 4.92. The summed E-state index contributed by atoms with van der Waals surface area (Å²) in [5, 5.41) is 13.8. The molecule has 0 saturated heterocycles. The van der Waals surface area contributed by atoms with E-state index in [0.717, 1.165) is 5.01 Å². The Labute approximate surface area is 106 Å². The van der Waals surface area contributed by atoms with Crippen molar-refractivity contribution in [1.29, 1.82) is 0 Å². The summed E-state index contributed by atoms with van der Waals surface area (Å²) in [6, 6.07) is 1.32. The van der Waals surface area contributed by atoms with Gasteiger partial charge in [0.2, 0.25) is 0 Å². The summed E-state index contributed by atoms with van der Waals surface area (Å²) in [6.07, 6.45) is 2.65. The Hall–Kier alpha value is -2.28. The van der Waals surface area contributed by atoms with Crippen molar-refractivity contribution in [2.45, 2.75) is 6.92 Å². The van der Waals surface area contributed by atoms with Crippen LogP contribution >= 0.6 is 11.3 Å². The molecule has 0 spiro atoms. The highest BCUT2D eigenvalue weighted by Gasteiger charge is 2.14. The summed E-state index contributed by atoms with van der Waals surface area (Å²) in [7, 11) is 0. The van der Waals surface area contributed by atoms with E-state index in [-0.39, 0.29) is 16.9 Å². The number of nitrogens with zero attached hydrogens (tertiary/aromatic N) is 2. The molecule has 0 unspecified atom stereocenters. The maximum absolute atomic E-state index is 11.8. The second-order valence-electron chi connectivity index (χ2n) is 3.43. The number of carbonyl (C=O) groups excluding carboxylic acids is 1. The normalized spacial score (nSPS) is 10.1. The number of aromatic carboxylic acids is 1. The lowest BCUT2D eigenvalue weighted by Crippen LogP contribution is -2.15. The van der Waals surface area contributed by atoms with Crippen molar-refractivity contribution in [3.05, 3.63) is 40.1 Å². The van der Waals surface area contributed by atoms with Gasteiger partial charge in [-0.05, 0) is 13.0 Å². The Kier molecular flexibility index (Phi) is 3.33. The van der Waals surface area contributed by atoms with Crippen molar-refractivity contribution in [1.82, 2.24) is 9.97 Å². The maximum Gasteiger partial charge on any atom is 0.337 e. The van der Waals surface area contributed by atoms with Crippen LogP contribution in [0.2, 0.25) is 0 Å². The first-order valence-corrected chi connectivity index (χ1v) is 5.86. The van der Waals surface area contributed by atoms with Gasteiger partial charge in [0.25, 0.3) is 5.91 Å². The zero-order valence-corrected chi connectivity index (χ0v) is 10.2. The van der Waals surface area contributed by atoms with Crippen molar-refractivity contribution in [3.8, 4) is 0 Å². The van der Waals surface area contributed by atoms with Gasteiger partial charge in [-0.1, -0.05) is 0 Å². The molecule has 2 aromatic rings. The summed E-state index contributed by atoms with van der Waals surface area (Å²) in [5.41, 5.74) is 0.406. The van der Waals surface area contributed by atoms with Gasteiger partial charge in [-0.15, -0.1) is 11.3 Å². The van der Waals surface area contributed by atoms with E-state index < -0.39 is 11.9 Å². The SMILES string of the molecule is Cc1nc(C(=O)Nc2cnccc2C(=O)O)cs1. The van der Waals surface area contributed by atoms with E-state index in [0.29, 0.717) is 0 Å². The number of amides is 1. The molecular weight excluding hydrogens is 254 g/mol. The first kappa shape index (κ1) is 12.2. The van der Waals surface area contributed by atoms with Gasteiger partial charge in [0, 0.05) is 11.6 Å². The average molecular weight is 263 g/mol. The number of aryl methyl sites for hydroxylation is 1. The lowest BCUT2D eigenvalue weighted by Gasteiger charge is -2.05. The first-order valence-electron chi connectivity index (χ1n) is 4.98. The van der Waals surface area contributed by atoms with Crippen LogP contribution in [0.25, 0.3) is 0 Å². The van der Waals surface area contributed by atoms with E-state index in [1.807, 2.05) is 0 Å². The monoisotopic (exact) mass is 263 g/mol. The fraction of sp³-hybridized carbons (Fsp3) is 0.0909.